The zero-order valence-corrected chi connectivity index (χ0v) is 13.3. The van der Waals surface area contributed by atoms with Crippen molar-refractivity contribution in [1.29, 1.82) is 0 Å². The first-order valence-corrected chi connectivity index (χ1v) is 7.17. The molecular weight excluding hydrogens is 280 g/mol. The van der Waals surface area contributed by atoms with Crippen molar-refractivity contribution in [2.24, 2.45) is 0 Å². The Balaban J connectivity index is 1.88. The number of aromatic amines is 1. The van der Waals surface area contributed by atoms with E-state index >= 15 is 0 Å². The van der Waals surface area contributed by atoms with E-state index in [2.05, 4.69) is 25.8 Å². The number of aromatic nitrogens is 3. The number of carbonyl (C=O) groups excluding carboxylic acids is 1. The lowest BCUT2D eigenvalue weighted by Gasteiger charge is -2.15. The van der Waals surface area contributed by atoms with Crippen molar-refractivity contribution in [3.05, 3.63) is 35.7 Å². The van der Waals surface area contributed by atoms with Crippen LogP contribution in [0.2, 0.25) is 0 Å². The van der Waals surface area contributed by atoms with Crippen LogP contribution in [0.1, 0.15) is 18.3 Å². The Morgan fingerprint density at radius 3 is 2.82 bits per heavy atom. The molecule has 7 heteroatoms. The molecule has 22 heavy (non-hydrogen) atoms. The molecule has 0 aliphatic rings. The van der Waals surface area contributed by atoms with E-state index in [1.54, 1.807) is 6.07 Å². The molecule has 0 saturated heterocycles. The number of anilines is 2. The fourth-order valence-electron chi connectivity index (χ4n) is 2.06. The second-order valence-electron chi connectivity index (χ2n) is 5.52. The first kappa shape index (κ1) is 15.8. The number of carbonyl (C=O) groups is 1. The standard InChI is InChI=1S/C15H22N6O/c1-10(8-12-9-11(2)19-20-12)16-15(22)18-13-6-5-7-14(17-13)21(3)4/h5-7,9-10H,8H2,1-4H3,(H,19,20)(H2,16,17,18,22). The van der Waals surface area contributed by atoms with Crippen LogP contribution in [0, 0.1) is 6.92 Å². The summed E-state index contributed by atoms with van der Waals surface area (Å²) in [5.74, 6) is 1.31. The van der Waals surface area contributed by atoms with E-state index in [0.29, 0.717) is 12.2 Å². The fourth-order valence-corrected chi connectivity index (χ4v) is 2.06. The smallest absolute Gasteiger partial charge is 0.320 e. The Labute approximate surface area is 130 Å². The molecule has 0 saturated carbocycles. The second-order valence-corrected chi connectivity index (χ2v) is 5.52. The van der Waals surface area contributed by atoms with Crippen LogP contribution in [0.25, 0.3) is 0 Å². The number of hydrogen-bond donors (Lipinski definition) is 3. The molecule has 0 aromatic carbocycles. The second kappa shape index (κ2) is 6.93. The minimum absolute atomic E-state index is 0.0280. The summed E-state index contributed by atoms with van der Waals surface area (Å²) in [4.78, 5) is 18.2. The van der Waals surface area contributed by atoms with Gasteiger partial charge in [0, 0.05) is 32.3 Å². The Bertz CT molecular complexity index is 636. The quantitative estimate of drug-likeness (QED) is 0.788. The maximum absolute atomic E-state index is 12.0. The van der Waals surface area contributed by atoms with E-state index in [9.17, 15) is 4.79 Å². The number of urea groups is 1. The molecule has 118 valence electrons. The minimum Gasteiger partial charge on any atom is -0.363 e. The van der Waals surface area contributed by atoms with Gasteiger partial charge in [0.1, 0.15) is 11.6 Å². The highest BCUT2D eigenvalue weighted by Crippen LogP contribution is 2.11. The first-order valence-electron chi connectivity index (χ1n) is 7.17. The highest BCUT2D eigenvalue weighted by atomic mass is 16.2. The molecule has 1 unspecified atom stereocenters. The molecule has 2 amide bonds. The monoisotopic (exact) mass is 302 g/mol. The SMILES string of the molecule is Cc1cc(CC(C)NC(=O)Nc2cccc(N(C)C)n2)n[nH]1. The van der Waals surface area contributed by atoms with Crippen molar-refractivity contribution in [1.82, 2.24) is 20.5 Å². The van der Waals surface area contributed by atoms with Crippen LogP contribution < -0.4 is 15.5 Å². The van der Waals surface area contributed by atoms with Gasteiger partial charge in [0.05, 0.1) is 5.69 Å². The molecule has 0 fully saturated rings. The largest absolute Gasteiger partial charge is 0.363 e. The van der Waals surface area contributed by atoms with Gasteiger partial charge in [0.25, 0.3) is 0 Å². The molecule has 0 aliphatic heterocycles. The third kappa shape index (κ3) is 4.47. The van der Waals surface area contributed by atoms with E-state index in [0.717, 1.165) is 17.2 Å². The summed E-state index contributed by atoms with van der Waals surface area (Å²) in [5.41, 5.74) is 1.94. The van der Waals surface area contributed by atoms with E-state index < -0.39 is 0 Å². The van der Waals surface area contributed by atoms with Gasteiger partial charge in [0.2, 0.25) is 0 Å². The lowest BCUT2D eigenvalue weighted by Crippen LogP contribution is -2.37. The molecule has 3 N–H and O–H groups in total. The predicted octanol–water partition coefficient (Wildman–Crippen LogP) is 1.93. The van der Waals surface area contributed by atoms with Crippen LogP contribution >= 0.6 is 0 Å². The molecule has 1 atom stereocenters. The summed E-state index contributed by atoms with van der Waals surface area (Å²) in [7, 11) is 3.81. The van der Waals surface area contributed by atoms with Gasteiger partial charge in [-0.25, -0.2) is 9.78 Å². The summed E-state index contributed by atoms with van der Waals surface area (Å²) in [6.07, 6.45) is 0.670. The Morgan fingerprint density at radius 2 is 2.18 bits per heavy atom. The van der Waals surface area contributed by atoms with Crippen LogP contribution in [0.15, 0.2) is 24.3 Å². The summed E-state index contributed by atoms with van der Waals surface area (Å²) in [5, 5.41) is 12.7. The van der Waals surface area contributed by atoms with Crippen LogP contribution in [0.4, 0.5) is 16.4 Å². The lowest BCUT2D eigenvalue weighted by atomic mass is 10.2. The molecule has 2 aromatic heterocycles. The first-order chi connectivity index (χ1) is 10.4. The minimum atomic E-state index is -0.275. The van der Waals surface area contributed by atoms with E-state index in [1.807, 2.05) is 51.0 Å². The van der Waals surface area contributed by atoms with Crippen LogP contribution in [0.3, 0.4) is 0 Å². The predicted molar refractivity (Wildman–Crippen MR) is 87.2 cm³/mol. The van der Waals surface area contributed by atoms with Crippen molar-refractivity contribution in [3.63, 3.8) is 0 Å². The number of amides is 2. The number of nitrogens with zero attached hydrogens (tertiary/aromatic N) is 3. The van der Waals surface area contributed by atoms with Crippen molar-refractivity contribution in [2.45, 2.75) is 26.3 Å². The number of H-pyrrole nitrogens is 1. The summed E-state index contributed by atoms with van der Waals surface area (Å²) >= 11 is 0. The molecule has 7 nitrogen and oxygen atoms in total. The average molecular weight is 302 g/mol. The van der Waals surface area contributed by atoms with E-state index in [1.165, 1.54) is 0 Å². The normalized spacial score (nSPS) is 11.8. The fraction of sp³-hybridized carbons (Fsp3) is 0.400. The number of pyridine rings is 1. The van der Waals surface area contributed by atoms with Gasteiger partial charge < -0.3 is 10.2 Å². The van der Waals surface area contributed by atoms with Crippen molar-refractivity contribution in [2.75, 3.05) is 24.3 Å². The molecule has 2 rings (SSSR count). The summed E-state index contributed by atoms with van der Waals surface area (Å²) in [6.45, 7) is 3.89. The highest BCUT2D eigenvalue weighted by Gasteiger charge is 2.10. The number of rotatable bonds is 5. The zero-order valence-electron chi connectivity index (χ0n) is 13.3. The molecule has 0 aliphatic carbocycles. The lowest BCUT2D eigenvalue weighted by molar-refractivity contribution is 0.249. The molecule has 0 radical (unpaired) electrons. The summed E-state index contributed by atoms with van der Waals surface area (Å²) < 4.78 is 0. The van der Waals surface area contributed by atoms with Gasteiger partial charge in [-0.15, -0.1) is 0 Å². The van der Waals surface area contributed by atoms with Gasteiger partial charge in [-0.3, -0.25) is 10.4 Å². The van der Waals surface area contributed by atoms with Gasteiger partial charge >= 0.3 is 6.03 Å². The zero-order chi connectivity index (χ0) is 16.1. The van der Waals surface area contributed by atoms with Crippen LogP contribution in [0.5, 0.6) is 0 Å². The van der Waals surface area contributed by atoms with Crippen molar-refractivity contribution in [3.8, 4) is 0 Å². The van der Waals surface area contributed by atoms with Crippen LogP contribution in [-0.4, -0.2) is 41.3 Å². The third-order valence-corrected chi connectivity index (χ3v) is 3.09. The highest BCUT2D eigenvalue weighted by molar-refractivity contribution is 5.88. The Hall–Kier alpha value is -2.57. The molecule has 2 aromatic rings. The van der Waals surface area contributed by atoms with Gasteiger partial charge in [-0.05, 0) is 32.0 Å². The van der Waals surface area contributed by atoms with E-state index in [-0.39, 0.29) is 12.1 Å². The molecular formula is C15H22N6O. The maximum Gasteiger partial charge on any atom is 0.320 e. The number of aryl methyl sites for hydroxylation is 1. The van der Waals surface area contributed by atoms with E-state index in [4.69, 9.17) is 0 Å². The van der Waals surface area contributed by atoms with Gasteiger partial charge in [-0.1, -0.05) is 6.07 Å². The molecule has 2 heterocycles. The van der Waals surface area contributed by atoms with Crippen molar-refractivity contribution >= 4 is 17.7 Å². The number of nitrogens with one attached hydrogen (secondary N) is 3. The van der Waals surface area contributed by atoms with Gasteiger partial charge in [0.15, 0.2) is 0 Å². The Morgan fingerprint density at radius 1 is 1.41 bits per heavy atom. The Kier molecular flexibility index (Phi) is 4.98. The third-order valence-electron chi connectivity index (χ3n) is 3.09. The topological polar surface area (TPSA) is 85.9 Å². The van der Waals surface area contributed by atoms with Crippen molar-refractivity contribution < 1.29 is 4.79 Å². The van der Waals surface area contributed by atoms with Gasteiger partial charge in [-0.2, -0.15) is 5.10 Å². The average Bonchev–Trinajstić information content (AvgIpc) is 2.83. The maximum atomic E-state index is 12.0. The summed E-state index contributed by atoms with van der Waals surface area (Å²) in [6, 6.07) is 7.16. The number of hydrogen-bond acceptors (Lipinski definition) is 4. The molecule has 0 bridgehead atoms. The van der Waals surface area contributed by atoms with Crippen LogP contribution in [-0.2, 0) is 6.42 Å². The molecule has 0 spiro atoms.